The molecule has 0 spiro atoms. The molecule has 3 rings (SSSR count). The summed E-state index contributed by atoms with van der Waals surface area (Å²) in [6.45, 7) is 2.57. The highest BCUT2D eigenvalue weighted by Crippen LogP contribution is 2.22. The van der Waals surface area contributed by atoms with Gasteiger partial charge in [0.2, 0.25) is 0 Å². The number of halogens is 1. The van der Waals surface area contributed by atoms with Crippen LogP contribution in [0.4, 0.5) is 5.69 Å². The molecule has 0 saturated carbocycles. The van der Waals surface area contributed by atoms with Crippen molar-refractivity contribution in [2.24, 2.45) is 0 Å². The zero-order valence-corrected chi connectivity index (χ0v) is 11.7. The molecule has 0 unspecified atom stereocenters. The van der Waals surface area contributed by atoms with Crippen molar-refractivity contribution >= 4 is 17.3 Å². The highest BCUT2D eigenvalue weighted by Gasteiger charge is 2.10. The van der Waals surface area contributed by atoms with Crippen molar-refractivity contribution in [3.05, 3.63) is 63.7 Å². The molecule has 1 aliphatic heterocycles. The van der Waals surface area contributed by atoms with Gasteiger partial charge in [0.1, 0.15) is 6.07 Å². The summed E-state index contributed by atoms with van der Waals surface area (Å²) in [6, 6.07) is 13.9. The predicted octanol–water partition coefficient (Wildman–Crippen LogP) is 3.43. The second kappa shape index (κ2) is 5.54. The maximum atomic E-state index is 9.09. The lowest BCUT2D eigenvalue weighted by molar-refractivity contribution is 0.764. The molecular weight excluding hydrogens is 270 g/mol. The molecule has 0 amide bonds. The summed E-state index contributed by atoms with van der Waals surface area (Å²) in [6.07, 6.45) is 0. The molecule has 0 radical (unpaired) electrons. The smallest absolute Gasteiger partial charge is 0.101 e. The first-order valence-corrected chi connectivity index (χ1v) is 6.89. The van der Waals surface area contributed by atoms with Crippen LogP contribution in [-0.2, 0) is 19.6 Å². The molecule has 1 heterocycles. The second-order valence-electron chi connectivity index (χ2n) is 4.86. The van der Waals surface area contributed by atoms with E-state index in [1.54, 1.807) is 18.2 Å². The summed E-state index contributed by atoms with van der Waals surface area (Å²) in [7, 11) is 0. The van der Waals surface area contributed by atoms with Crippen LogP contribution in [0.5, 0.6) is 0 Å². The summed E-state index contributed by atoms with van der Waals surface area (Å²) < 4.78 is 0. The number of nitrogens with one attached hydrogen (secondary N) is 2. The second-order valence-corrected chi connectivity index (χ2v) is 5.30. The van der Waals surface area contributed by atoms with Crippen molar-refractivity contribution in [1.29, 1.82) is 5.26 Å². The van der Waals surface area contributed by atoms with Gasteiger partial charge in [0.15, 0.2) is 0 Å². The number of fused-ring (bicyclic) bond motifs is 1. The van der Waals surface area contributed by atoms with E-state index in [0.717, 1.165) is 18.8 Å². The van der Waals surface area contributed by atoms with E-state index in [-0.39, 0.29) is 0 Å². The molecule has 0 aromatic heterocycles. The monoisotopic (exact) mass is 283 g/mol. The Hall–Kier alpha value is -2.02. The van der Waals surface area contributed by atoms with Crippen LogP contribution in [-0.4, -0.2) is 0 Å². The molecule has 4 heteroatoms. The fraction of sp³-hybridized carbons (Fsp3) is 0.188. The molecule has 0 bridgehead atoms. The van der Waals surface area contributed by atoms with Crippen molar-refractivity contribution in [3.63, 3.8) is 0 Å². The van der Waals surface area contributed by atoms with Gasteiger partial charge in [0, 0.05) is 24.7 Å². The Morgan fingerprint density at radius 2 is 2.00 bits per heavy atom. The molecule has 20 heavy (non-hydrogen) atoms. The normalized spacial score (nSPS) is 12.8. The highest BCUT2D eigenvalue weighted by molar-refractivity contribution is 6.30. The van der Waals surface area contributed by atoms with Gasteiger partial charge in [-0.25, -0.2) is 0 Å². The largest absolute Gasteiger partial charge is 0.380 e. The minimum atomic E-state index is 0.609. The van der Waals surface area contributed by atoms with Crippen LogP contribution in [0.2, 0.25) is 5.02 Å². The van der Waals surface area contributed by atoms with Gasteiger partial charge in [-0.1, -0.05) is 29.8 Å². The minimum Gasteiger partial charge on any atom is -0.380 e. The summed E-state index contributed by atoms with van der Waals surface area (Å²) in [5.41, 5.74) is 5.32. The van der Waals surface area contributed by atoms with Crippen LogP contribution in [0.1, 0.15) is 22.3 Å². The van der Waals surface area contributed by atoms with Crippen LogP contribution < -0.4 is 10.6 Å². The third-order valence-corrected chi connectivity index (χ3v) is 3.72. The van der Waals surface area contributed by atoms with E-state index in [4.69, 9.17) is 16.9 Å². The Labute approximate surface area is 123 Å². The number of hydrogen-bond acceptors (Lipinski definition) is 3. The molecule has 0 saturated heterocycles. The molecule has 100 valence electrons. The van der Waals surface area contributed by atoms with Crippen molar-refractivity contribution in [1.82, 2.24) is 5.32 Å². The SMILES string of the molecule is N#Cc1ccc(Cl)cc1NCc1ccc2c(c1)CNC2. The molecule has 2 aromatic rings. The molecule has 2 aromatic carbocycles. The third-order valence-electron chi connectivity index (χ3n) is 3.49. The average molecular weight is 284 g/mol. The standard InChI is InChI=1S/C16H14ClN3/c17-15-4-3-12(7-18)16(6-15)20-8-11-1-2-13-9-19-10-14(13)5-11/h1-6,19-20H,8-10H2. The van der Waals surface area contributed by atoms with Crippen molar-refractivity contribution in [2.75, 3.05) is 5.32 Å². The fourth-order valence-electron chi connectivity index (χ4n) is 2.42. The number of benzene rings is 2. The molecule has 0 aliphatic carbocycles. The predicted molar refractivity (Wildman–Crippen MR) is 80.5 cm³/mol. The van der Waals surface area contributed by atoms with Crippen LogP contribution >= 0.6 is 11.6 Å². The molecular formula is C16H14ClN3. The van der Waals surface area contributed by atoms with Gasteiger partial charge in [-0.15, -0.1) is 0 Å². The van der Waals surface area contributed by atoms with Crippen molar-refractivity contribution in [2.45, 2.75) is 19.6 Å². The van der Waals surface area contributed by atoms with Crippen molar-refractivity contribution in [3.8, 4) is 6.07 Å². The van der Waals surface area contributed by atoms with Crippen LogP contribution in [0.25, 0.3) is 0 Å². The zero-order valence-electron chi connectivity index (χ0n) is 10.9. The fourth-order valence-corrected chi connectivity index (χ4v) is 2.59. The summed E-state index contributed by atoms with van der Waals surface area (Å²) in [5.74, 6) is 0. The molecule has 2 N–H and O–H groups in total. The van der Waals surface area contributed by atoms with Gasteiger partial charge in [0.05, 0.1) is 11.3 Å². The van der Waals surface area contributed by atoms with E-state index in [1.165, 1.54) is 16.7 Å². The van der Waals surface area contributed by atoms with E-state index in [2.05, 4.69) is 34.9 Å². The van der Waals surface area contributed by atoms with E-state index in [0.29, 0.717) is 17.1 Å². The quantitative estimate of drug-likeness (QED) is 0.907. The Balaban J connectivity index is 1.77. The van der Waals surface area contributed by atoms with Crippen LogP contribution in [0.3, 0.4) is 0 Å². The number of hydrogen-bond donors (Lipinski definition) is 2. The van der Waals surface area contributed by atoms with Gasteiger partial charge >= 0.3 is 0 Å². The molecule has 0 fully saturated rings. The number of nitriles is 1. The topological polar surface area (TPSA) is 47.9 Å². The lowest BCUT2D eigenvalue weighted by Crippen LogP contribution is -2.02. The Bertz CT molecular complexity index is 689. The number of rotatable bonds is 3. The van der Waals surface area contributed by atoms with Gasteiger partial charge in [-0.05, 0) is 34.9 Å². The number of anilines is 1. The van der Waals surface area contributed by atoms with E-state index >= 15 is 0 Å². The maximum absolute atomic E-state index is 9.09. The Kier molecular flexibility index (Phi) is 3.60. The zero-order chi connectivity index (χ0) is 13.9. The molecule has 1 aliphatic rings. The van der Waals surface area contributed by atoms with Crippen LogP contribution in [0, 0.1) is 11.3 Å². The maximum Gasteiger partial charge on any atom is 0.101 e. The Morgan fingerprint density at radius 1 is 1.15 bits per heavy atom. The van der Waals surface area contributed by atoms with E-state index in [1.807, 2.05) is 0 Å². The first kappa shape index (κ1) is 13.0. The number of nitrogens with zero attached hydrogens (tertiary/aromatic N) is 1. The minimum absolute atomic E-state index is 0.609. The Morgan fingerprint density at radius 3 is 2.85 bits per heavy atom. The molecule has 0 atom stereocenters. The lowest BCUT2D eigenvalue weighted by atomic mass is 10.1. The highest BCUT2D eigenvalue weighted by atomic mass is 35.5. The van der Waals surface area contributed by atoms with Gasteiger partial charge in [-0.2, -0.15) is 5.26 Å². The van der Waals surface area contributed by atoms with Gasteiger partial charge < -0.3 is 10.6 Å². The average Bonchev–Trinajstić information content (AvgIpc) is 2.92. The first-order valence-electron chi connectivity index (χ1n) is 6.51. The summed E-state index contributed by atoms with van der Waals surface area (Å²) in [4.78, 5) is 0. The van der Waals surface area contributed by atoms with Crippen molar-refractivity contribution < 1.29 is 0 Å². The molecule has 3 nitrogen and oxygen atoms in total. The van der Waals surface area contributed by atoms with E-state index < -0.39 is 0 Å². The summed E-state index contributed by atoms with van der Waals surface area (Å²) in [5, 5.41) is 16.3. The van der Waals surface area contributed by atoms with E-state index in [9.17, 15) is 0 Å². The lowest BCUT2D eigenvalue weighted by Gasteiger charge is -2.10. The third kappa shape index (κ3) is 2.62. The van der Waals surface area contributed by atoms with Crippen LogP contribution in [0.15, 0.2) is 36.4 Å². The van der Waals surface area contributed by atoms with Gasteiger partial charge in [0.25, 0.3) is 0 Å². The summed E-state index contributed by atoms with van der Waals surface area (Å²) >= 11 is 5.97. The van der Waals surface area contributed by atoms with Gasteiger partial charge in [-0.3, -0.25) is 0 Å². The first-order chi connectivity index (χ1) is 9.76.